The van der Waals surface area contributed by atoms with Gasteiger partial charge < -0.3 is 45.1 Å². The van der Waals surface area contributed by atoms with Crippen LogP contribution < -0.4 is 16.6 Å². The van der Waals surface area contributed by atoms with E-state index >= 15 is 0 Å². The molecule has 1 amide bonds. The summed E-state index contributed by atoms with van der Waals surface area (Å²) in [5.41, 5.74) is -1.66. The van der Waals surface area contributed by atoms with Crippen LogP contribution in [0.4, 0.5) is 0 Å². The number of aromatic amines is 1. The molecule has 0 bridgehead atoms. The Morgan fingerprint density at radius 1 is 1.02 bits per heavy atom. The zero-order chi connectivity index (χ0) is 34.2. The molecule has 2 fully saturated rings. The van der Waals surface area contributed by atoms with Crippen molar-refractivity contribution in [2.45, 2.75) is 62.5 Å². The van der Waals surface area contributed by atoms with Crippen LogP contribution in [0.25, 0.3) is 0 Å². The summed E-state index contributed by atoms with van der Waals surface area (Å²) in [5.74, 6) is -1.67. The molecule has 1 aromatic rings. The Labute approximate surface area is 261 Å². The SMILES string of the molecule is COP(=O)(OCC1OC(n2ccc(=O)[nH]c2=O)C(O)C1O)OP(=O)(OC)O[C@@H]1OC(CNC(=O)COCCCO)[C@H](O)[C@H](O)C1C. The fourth-order valence-corrected chi connectivity index (χ4v) is 7.17. The van der Waals surface area contributed by atoms with Gasteiger partial charge in [0.2, 0.25) is 5.91 Å². The van der Waals surface area contributed by atoms with Crippen molar-refractivity contribution in [2.24, 2.45) is 5.92 Å². The molecule has 11 atom stereocenters. The van der Waals surface area contributed by atoms with Crippen LogP contribution >= 0.6 is 15.6 Å². The van der Waals surface area contributed by atoms with Crippen molar-refractivity contribution in [3.8, 4) is 0 Å². The molecular weight excluding hydrogens is 668 g/mol. The Kier molecular flexibility index (Phi) is 14.2. The van der Waals surface area contributed by atoms with Crippen LogP contribution in [0.2, 0.25) is 0 Å². The van der Waals surface area contributed by atoms with Gasteiger partial charge >= 0.3 is 21.3 Å². The Morgan fingerprint density at radius 2 is 1.70 bits per heavy atom. The van der Waals surface area contributed by atoms with E-state index in [9.17, 15) is 43.9 Å². The van der Waals surface area contributed by atoms with Gasteiger partial charge in [-0.2, -0.15) is 4.31 Å². The maximum absolute atomic E-state index is 13.4. The number of aliphatic hydroxyl groups is 5. The number of H-pyrrole nitrogens is 1. The van der Waals surface area contributed by atoms with E-state index in [0.29, 0.717) is 6.42 Å². The molecular formula is C23H39N3O18P2. The maximum atomic E-state index is 13.4. The summed E-state index contributed by atoms with van der Waals surface area (Å²) in [5, 5.41) is 53.0. The third-order valence-corrected chi connectivity index (χ3v) is 10.4. The molecule has 2 saturated heterocycles. The fourth-order valence-electron chi connectivity index (χ4n) is 4.30. The smallest absolute Gasteiger partial charge is 0.396 e. The standard InChI is InChI=1S/C23H39N3O18P2/c1-12-17(30)18(31)13(9-24-16(29)11-39-8-4-7-27)42-22(12)43-46(36,38-3)44-45(35,37-2)40-10-14-19(32)20(33)21(41-14)26-6-5-15(28)25-23(26)34/h5-6,12-14,17-22,27,30-33H,4,7-11H2,1-3H3,(H,24,29)(H,25,28,34)/t12?,13?,14?,17-,18+,19?,20?,21?,22+,45?,46?/m1/s1. The van der Waals surface area contributed by atoms with Crippen LogP contribution in [0.3, 0.4) is 0 Å². The normalized spacial score (nSPS) is 32.5. The minimum absolute atomic E-state index is 0.117. The van der Waals surface area contributed by atoms with Crippen molar-refractivity contribution in [2.75, 3.05) is 47.2 Å². The highest BCUT2D eigenvalue weighted by Gasteiger charge is 2.50. The number of nitrogens with one attached hydrogen (secondary N) is 2. The van der Waals surface area contributed by atoms with Crippen LogP contribution in [0.5, 0.6) is 0 Å². The average Bonchev–Trinajstić information content (AvgIpc) is 3.30. The molecule has 0 saturated carbocycles. The van der Waals surface area contributed by atoms with Gasteiger partial charge in [0.25, 0.3) is 5.56 Å². The highest BCUT2D eigenvalue weighted by molar-refractivity contribution is 7.62. The van der Waals surface area contributed by atoms with E-state index in [1.54, 1.807) is 0 Å². The number of rotatable bonds is 17. The van der Waals surface area contributed by atoms with Crippen molar-refractivity contribution in [3.05, 3.63) is 33.1 Å². The summed E-state index contributed by atoms with van der Waals surface area (Å²) in [6.07, 6.45) is -10.9. The lowest BCUT2D eigenvalue weighted by Crippen LogP contribution is -2.57. The zero-order valence-corrected chi connectivity index (χ0v) is 26.8. The number of nitrogens with zero attached hydrogens (tertiary/aromatic N) is 1. The van der Waals surface area contributed by atoms with Gasteiger partial charge in [-0.1, -0.05) is 6.92 Å². The summed E-state index contributed by atoms with van der Waals surface area (Å²) in [4.78, 5) is 37.4. The highest BCUT2D eigenvalue weighted by Crippen LogP contribution is 2.66. The lowest BCUT2D eigenvalue weighted by molar-refractivity contribution is -0.252. The van der Waals surface area contributed by atoms with Crippen molar-refractivity contribution < 1.29 is 76.1 Å². The van der Waals surface area contributed by atoms with Crippen LogP contribution in [0.15, 0.2) is 21.9 Å². The number of hydrogen-bond donors (Lipinski definition) is 7. The van der Waals surface area contributed by atoms with Crippen LogP contribution in [-0.2, 0) is 50.5 Å². The molecule has 0 aliphatic carbocycles. The number of amides is 1. The van der Waals surface area contributed by atoms with E-state index in [2.05, 4.69) is 5.32 Å². The monoisotopic (exact) mass is 707 g/mol. The van der Waals surface area contributed by atoms with Crippen LogP contribution in [0, 0.1) is 5.92 Å². The molecule has 0 spiro atoms. The molecule has 264 valence electrons. The van der Waals surface area contributed by atoms with Gasteiger partial charge in [-0.25, -0.2) is 13.9 Å². The minimum Gasteiger partial charge on any atom is -0.396 e. The molecule has 1 aromatic heterocycles. The number of carbonyl (C=O) groups excluding carboxylic acids is 1. The van der Waals surface area contributed by atoms with Gasteiger partial charge in [-0.15, -0.1) is 0 Å². The Balaban J connectivity index is 1.63. The summed E-state index contributed by atoms with van der Waals surface area (Å²) < 4.78 is 68.6. The maximum Gasteiger partial charge on any atom is 0.485 e. The first-order valence-electron chi connectivity index (χ1n) is 13.8. The summed E-state index contributed by atoms with van der Waals surface area (Å²) in [6, 6.07) is 0.981. The average molecular weight is 708 g/mol. The van der Waals surface area contributed by atoms with Gasteiger partial charge in [-0.05, 0) is 6.42 Å². The van der Waals surface area contributed by atoms with Crippen molar-refractivity contribution in [1.29, 1.82) is 0 Å². The predicted molar refractivity (Wildman–Crippen MR) is 150 cm³/mol. The summed E-state index contributed by atoms with van der Waals surface area (Å²) >= 11 is 0. The molecule has 0 aromatic carbocycles. The lowest BCUT2D eigenvalue weighted by Gasteiger charge is -2.41. The molecule has 2 aliphatic heterocycles. The first-order valence-corrected chi connectivity index (χ1v) is 16.8. The zero-order valence-electron chi connectivity index (χ0n) is 25.0. The topological polar surface area (TPSA) is 293 Å². The van der Waals surface area contributed by atoms with Gasteiger partial charge in [-0.3, -0.25) is 37.2 Å². The van der Waals surface area contributed by atoms with Gasteiger partial charge in [0, 0.05) is 52.2 Å². The number of phosphoric ester groups is 2. The van der Waals surface area contributed by atoms with Gasteiger partial charge in [0.05, 0.1) is 12.7 Å². The second-order valence-electron chi connectivity index (χ2n) is 10.1. The molecule has 3 heterocycles. The van der Waals surface area contributed by atoms with E-state index in [0.717, 1.165) is 31.0 Å². The van der Waals surface area contributed by atoms with Crippen molar-refractivity contribution in [1.82, 2.24) is 14.9 Å². The third kappa shape index (κ3) is 9.82. The summed E-state index contributed by atoms with van der Waals surface area (Å²) in [7, 11) is -8.08. The largest absolute Gasteiger partial charge is 0.485 e. The summed E-state index contributed by atoms with van der Waals surface area (Å²) in [6.45, 7) is -0.124. The molecule has 23 heteroatoms. The number of aromatic nitrogens is 2. The minimum atomic E-state index is -4.93. The first kappa shape index (κ1) is 38.5. The molecule has 2 aliphatic rings. The second kappa shape index (κ2) is 17.0. The third-order valence-electron chi connectivity index (χ3n) is 6.93. The Hall–Kier alpha value is -1.91. The number of hydrogen-bond acceptors (Lipinski definition) is 18. The number of carbonyl (C=O) groups is 1. The van der Waals surface area contributed by atoms with Crippen molar-refractivity contribution >= 4 is 21.6 Å². The second-order valence-corrected chi connectivity index (χ2v) is 13.8. The molecule has 3 rings (SSSR count). The number of ether oxygens (including phenoxy) is 3. The Bertz CT molecular complexity index is 1360. The Morgan fingerprint density at radius 3 is 2.33 bits per heavy atom. The molecule has 46 heavy (non-hydrogen) atoms. The lowest BCUT2D eigenvalue weighted by atomic mass is 9.92. The predicted octanol–water partition coefficient (Wildman–Crippen LogP) is -2.69. The van der Waals surface area contributed by atoms with E-state index in [-0.39, 0.29) is 26.4 Å². The van der Waals surface area contributed by atoms with Gasteiger partial charge in [0.1, 0.15) is 37.1 Å². The fraction of sp³-hybridized carbons (Fsp3) is 0.783. The van der Waals surface area contributed by atoms with E-state index in [1.807, 2.05) is 4.98 Å². The quantitative estimate of drug-likeness (QED) is 0.0641. The van der Waals surface area contributed by atoms with Crippen molar-refractivity contribution in [3.63, 3.8) is 0 Å². The van der Waals surface area contributed by atoms with E-state index in [1.165, 1.54) is 6.92 Å². The number of phosphoric acid groups is 2. The highest BCUT2D eigenvalue weighted by atomic mass is 31.3. The molecule has 21 nitrogen and oxygen atoms in total. The molecule has 0 radical (unpaired) electrons. The molecule has 7 N–H and O–H groups in total. The first-order chi connectivity index (χ1) is 21.7. The van der Waals surface area contributed by atoms with Crippen LogP contribution in [0.1, 0.15) is 19.6 Å². The number of aliphatic hydroxyl groups excluding tert-OH is 5. The van der Waals surface area contributed by atoms with Crippen LogP contribution in [-0.4, -0.2) is 131 Å². The van der Waals surface area contributed by atoms with Gasteiger partial charge in [0.15, 0.2) is 12.5 Å². The molecule has 8 unspecified atom stereocenters. The van der Waals surface area contributed by atoms with E-state index < -0.39 is 94.5 Å². The van der Waals surface area contributed by atoms with E-state index in [4.69, 9.17) is 41.7 Å².